The van der Waals surface area contributed by atoms with E-state index in [9.17, 15) is 14.4 Å². The number of hydrogen-bond donors (Lipinski definition) is 4. The van der Waals surface area contributed by atoms with Gasteiger partial charge >= 0.3 is 0 Å². The zero-order valence-electron chi connectivity index (χ0n) is 24.0. The molecule has 2 heterocycles. The van der Waals surface area contributed by atoms with Gasteiger partial charge in [-0.15, -0.1) is 0 Å². The van der Waals surface area contributed by atoms with E-state index in [-0.39, 0.29) is 42.6 Å². The molecule has 216 valence electrons. The van der Waals surface area contributed by atoms with Crippen LogP contribution in [-0.2, 0) is 9.59 Å². The fourth-order valence-corrected chi connectivity index (χ4v) is 4.13. The molecule has 1 aromatic carbocycles. The number of aromatic hydroxyl groups is 1. The number of rotatable bonds is 8. The molecule has 10 nitrogen and oxygen atoms in total. The van der Waals surface area contributed by atoms with E-state index in [4.69, 9.17) is 15.4 Å². The molecule has 5 N–H and O–H groups in total. The second-order valence-corrected chi connectivity index (χ2v) is 10.1. The molecule has 3 amide bonds. The van der Waals surface area contributed by atoms with Crippen molar-refractivity contribution in [1.82, 2.24) is 20.7 Å². The summed E-state index contributed by atoms with van der Waals surface area (Å²) in [6.45, 7) is 11.2. The standard InChI is InChI=1S/C19H29N5O4.C8H10O.C2H6/c1-12(20)10-17(25)21-7-4-18(26)24-8-5-14(6-9-24)22-19(27)15-11-16(28-23-15)13-2-3-13;1-6-3-4-8(9)7(2)5-6;1-2/h11-14H,2-10,20H2,1H3,(H,21,25)(H,22,27);3-5,9H,1-2H3;1-2H3. The maximum absolute atomic E-state index is 12.3. The molecule has 1 unspecified atom stereocenters. The summed E-state index contributed by atoms with van der Waals surface area (Å²) in [7, 11) is 0. The first kappa shape index (κ1) is 31.8. The van der Waals surface area contributed by atoms with Crippen LogP contribution in [0.15, 0.2) is 28.8 Å². The van der Waals surface area contributed by atoms with Crippen molar-refractivity contribution in [2.24, 2.45) is 5.73 Å². The molecule has 39 heavy (non-hydrogen) atoms. The van der Waals surface area contributed by atoms with Crippen LogP contribution >= 0.6 is 0 Å². The number of carbonyl (C=O) groups excluding carboxylic acids is 3. The third kappa shape index (κ3) is 11.1. The number of likely N-dealkylation sites (tertiary alicyclic amines) is 1. The average Bonchev–Trinajstić information content (AvgIpc) is 3.64. The summed E-state index contributed by atoms with van der Waals surface area (Å²) in [6.07, 6.45) is 4.11. The van der Waals surface area contributed by atoms with Crippen LogP contribution in [0.4, 0.5) is 0 Å². The zero-order chi connectivity index (χ0) is 28.9. The monoisotopic (exact) mass is 543 g/mol. The van der Waals surface area contributed by atoms with Crippen LogP contribution in [0.5, 0.6) is 5.75 Å². The molecular formula is C29H45N5O5. The van der Waals surface area contributed by atoms with Crippen LogP contribution in [0.2, 0.25) is 0 Å². The van der Waals surface area contributed by atoms with E-state index >= 15 is 0 Å². The lowest BCUT2D eigenvalue weighted by Gasteiger charge is -2.32. The Labute approximate surface area is 231 Å². The summed E-state index contributed by atoms with van der Waals surface area (Å²) in [5, 5.41) is 18.6. The zero-order valence-corrected chi connectivity index (χ0v) is 24.0. The first-order chi connectivity index (χ1) is 18.6. The van der Waals surface area contributed by atoms with Crippen LogP contribution in [0, 0.1) is 13.8 Å². The number of aromatic nitrogens is 1. The predicted molar refractivity (Wildman–Crippen MR) is 150 cm³/mol. The molecule has 1 saturated carbocycles. The molecule has 0 bridgehead atoms. The Morgan fingerprint density at radius 3 is 2.36 bits per heavy atom. The summed E-state index contributed by atoms with van der Waals surface area (Å²) in [5.41, 5.74) is 8.02. The highest BCUT2D eigenvalue weighted by Crippen LogP contribution is 2.40. The SMILES string of the molecule is CC.CC(N)CC(=O)NCCC(=O)N1CCC(NC(=O)c2cc(C3CC3)on2)CC1.Cc1ccc(O)c(C)c1. The molecule has 1 aliphatic carbocycles. The summed E-state index contributed by atoms with van der Waals surface area (Å²) in [4.78, 5) is 37.9. The van der Waals surface area contributed by atoms with Gasteiger partial charge in [0.25, 0.3) is 5.91 Å². The number of phenols is 1. The van der Waals surface area contributed by atoms with E-state index < -0.39 is 0 Å². The second kappa shape index (κ2) is 15.9. The molecular weight excluding hydrogens is 498 g/mol. The molecule has 0 radical (unpaired) electrons. The van der Waals surface area contributed by atoms with Crippen LogP contribution in [0.1, 0.15) is 92.6 Å². The fraction of sp³-hybridized carbons (Fsp3) is 0.586. The van der Waals surface area contributed by atoms with Gasteiger partial charge in [-0.1, -0.05) is 36.7 Å². The number of aryl methyl sites for hydroxylation is 2. The Bertz CT molecular complexity index is 1070. The topological polar surface area (TPSA) is 151 Å². The van der Waals surface area contributed by atoms with Crippen molar-refractivity contribution < 1.29 is 24.0 Å². The number of hydrogen-bond acceptors (Lipinski definition) is 7. The van der Waals surface area contributed by atoms with Gasteiger partial charge in [-0.2, -0.15) is 0 Å². The van der Waals surface area contributed by atoms with E-state index in [0.29, 0.717) is 49.8 Å². The summed E-state index contributed by atoms with van der Waals surface area (Å²) in [6, 6.07) is 7.11. The van der Waals surface area contributed by atoms with E-state index in [1.54, 1.807) is 24.0 Å². The minimum Gasteiger partial charge on any atom is -0.508 e. The Balaban J connectivity index is 0.000000407. The Morgan fingerprint density at radius 2 is 1.79 bits per heavy atom. The number of benzene rings is 1. The minimum absolute atomic E-state index is 0.0106. The number of amides is 3. The van der Waals surface area contributed by atoms with Gasteiger partial charge in [0, 0.05) is 56.5 Å². The van der Waals surface area contributed by atoms with Gasteiger partial charge in [-0.05, 0) is 58.1 Å². The quantitative estimate of drug-likeness (QED) is 0.397. The first-order valence-corrected chi connectivity index (χ1v) is 14.0. The van der Waals surface area contributed by atoms with E-state index in [1.165, 1.54) is 5.56 Å². The molecule has 1 atom stereocenters. The van der Waals surface area contributed by atoms with E-state index in [0.717, 1.165) is 24.2 Å². The highest BCUT2D eigenvalue weighted by molar-refractivity contribution is 5.92. The largest absolute Gasteiger partial charge is 0.508 e. The number of piperidine rings is 1. The van der Waals surface area contributed by atoms with Crippen LogP contribution in [0.3, 0.4) is 0 Å². The van der Waals surface area contributed by atoms with Crippen molar-refractivity contribution in [2.45, 2.75) is 91.1 Å². The van der Waals surface area contributed by atoms with Crippen molar-refractivity contribution in [3.8, 4) is 5.75 Å². The van der Waals surface area contributed by atoms with Gasteiger partial charge in [0.15, 0.2) is 5.69 Å². The number of phenolic OH excluding ortho intramolecular Hbond substituents is 1. The first-order valence-electron chi connectivity index (χ1n) is 14.0. The fourth-order valence-electron chi connectivity index (χ4n) is 4.13. The lowest BCUT2D eigenvalue weighted by Crippen LogP contribution is -2.47. The third-order valence-electron chi connectivity index (χ3n) is 6.44. The maximum atomic E-state index is 12.3. The summed E-state index contributed by atoms with van der Waals surface area (Å²) < 4.78 is 5.22. The van der Waals surface area contributed by atoms with Crippen LogP contribution in [-0.4, -0.2) is 64.6 Å². The van der Waals surface area contributed by atoms with Crippen molar-refractivity contribution >= 4 is 17.7 Å². The maximum Gasteiger partial charge on any atom is 0.273 e. The average molecular weight is 544 g/mol. The molecule has 2 aliphatic rings. The van der Waals surface area contributed by atoms with Crippen molar-refractivity contribution in [1.29, 1.82) is 0 Å². The van der Waals surface area contributed by atoms with Crippen molar-refractivity contribution in [2.75, 3.05) is 19.6 Å². The normalized spacial score (nSPS) is 15.7. The van der Waals surface area contributed by atoms with Gasteiger partial charge in [-0.3, -0.25) is 14.4 Å². The molecule has 1 saturated heterocycles. The van der Waals surface area contributed by atoms with E-state index in [1.807, 2.05) is 39.8 Å². The molecule has 1 aliphatic heterocycles. The predicted octanol–water partition coefficient (Wildman–Crippen LogP) is 3.55. The summed E-state index contributed by atoms with van der Waals surface area (Å²) >= 11 is 0. The van der Waals surface area contributed by atoms with Crippen LogP contribution < -0.4 is 16.4 Å². The van der Waals surface area contributed by atoms with Crippen LogP contribution in [0.25, 0.3) is 0 Å². The number of nitrogens with two attached hydrogens (primary N) is 1. The second-order valence-electron chi connectivity index (χ2n) is 10.1. The number of nitrogens with one attached hydrogen (secondary N) is 2. The minimum atomic E-state index is -0.225. The Morgan fingerprint density at radius 1 is 1.13 bits per heavy atom. The van der Waals surface area contributed by atoms with Gasteiger partial charge in [-0.25, -0.2) is 0 Å². The number of carbonyl (C=O) groups is 3. The lowest BCUT2D eigenvalue weighted by molar-refractivity contribution is -0.132. The molecule has 1 aromatic heterocycles. The highest BCUT2D eigenvalue weighted by Gasteiger charge is 2.30. The lowest BCUT2D eigenvalue weighted by atomic mass is 10.0. The molecule has 10 heteroatoms. The molecule has 0 spiro atoms. The van der Waals surface area contributed by atoms with E-state index in [2.05, 4.69) is 15.8 Å². The van der Waals surface area contributed by atoms with Gasteiger partial charge in [0.2, 0.25) is 11.8 Å². The molecule has 2 fully saturated rings. The smallest absolute Gasteiger partial charge is 0.273 e. The third-order valence-corrected chi connectivity index (χ3v) is 6.44. The molecule has 4 rings (SSSR count). The highest BCUT2D eigenvalue weighted by atomic mass is 16.5. The van der Waals surface area contributed by atoms with Gasteiger partial charge < -0.3 is 30.9 Å². The summed E-state index contributed by atoms with van der Waals surface area (Å²) in [5.74, 6) is 1.24. The number of nitrogens with zero attached hydrogens (tertiary/aromatic N) is 2. The van der Waals surface area contributed by atoms with Gasteiger partial charge in [0.05, 0.1) is 0 Å². The molecule has 2 aromatic rings. The Kier molecular flexibility index (Phi) is 13.0. The van der Waals surface area contributed by atoms with Gasteiger partial charge in [0.1, 0.15) is 11.5 Å². The van der Waals surface area contributed by atoms with Crippen molar-refractivity contribution in [3.63, 3.8) is 0 Å². The Hall–Kier alpha value is -3.40. The van der Waals surface area contributed by atoms with Crippen molar-refractivity contribution in [3.05, 3.63) is 46.8 Å².